The van der Waals surface area contributed by atoms with E-state index in [1.165, 1.54) is 0 Å². The van der Waals surface area contributed by atoms with Gasteiger partial charge < -0.3 is 4.74 Å². The molecule has 0 aromatic heterocycles. The zero-order valence-electron chi connectivity index (χ0n) is 9.90. The zero-order chi connectivity index (χ0) is 13.3. The van der Waals surface area contributed by atoms with E-state index >= 15 is 0 Å². The first kappa shape index (κ1) is 14.2. The molecule has 1 aromatic carbocycles. The highest BCUT2D eigenvalue weighted by Crippen LogP contribution is 2.40. The first-order valence-electron chi connectivity index (χ1n) is 5.61. The number of hydrogen-bond acceptors (Lipinski definition) is 3. The van der Waals surface area contributed by atoms with Crippen LogP contribution in [0.2, 0.25) is 0 Å². The van der Waals surface area contributed by atoms with Crippen molar-refractivity contribution in [3.05, 3.63) is 28.2 Å². The van der Waals surface area contributed by atoms with Crippen LogP contribution in [0.3, 0.4) is 0 Å². The number of rotatable bonds is 3. The maximum Gasteiger partial charge on any atom is 0.150 e. The zero-order valence-corrected chi connectivity index (χ0v) is 13.1. The van der Waals surface area contributed by atoms with Crippen LogP contribution in [0, 0.1) is 5.92 Å². The third-order valence-corrected chi connectivity index (χ3v) is 6.29. The van der Waals surface area contributed by atoms with Crippen LogP contribution < -0.4 is 4.74 Å². The first-order valence-corrected chi connectivity index (χ1v) is 8.66. The Bertz CT molecular complexity index is 544. The highest BCUT2D eigenvalue weighted by Gasteiger charge is 2.34. The fourth-order valence-electron chi connectivity index (χ4n) is 2.17. The summed E-state index contributed by atoms with van der Waals surface area (Å²) in [5.74, 6) is 1.10. The van der Waals surface area contributed by atoms with E-state index in [1.807, 2.05) is 18.2 Å². The van der Waals surface area contributed by atoms with Crippen LogP contribution in [0.15, 0.2) is 22.7 Å². The van der Waals surface area contributed by atoms with E-state index in [-0.39, 0.29) is 22.8 Å². The maximum absolute atomic E-state index is 11.5. The molecule has 1 fully saturated rings. The van der Waals surface area contributed by atoms with E-state index in [1.54, 1.807) is 7.11 Å². The van der Waals surface area contributed by atoms with Gasteiger partial charge in [0.25, 0.3) is 0 Å². The Morgan fingerprint density at radius 2 is 2.22 bits per heavy atom. The molecular weight excluding hydrogens is 340 g/mol. The number of sulfone groups is 1. The van der Waals surface area contributed by atoms with Gasteiger partial charge in [-0.1, -0.05) is 15.9 Å². The molecule has 0 saturated carbocycles. The van der Waals surface area contributed by atoms with Crippen molar-refractivity contribution in [2.24, 2.45) is 5.92 Å². The predicted molar refractivity (Wildman–Crippen MR) is 76.0 cm³/mol. The molecule has 1 aliphatic heterocycles. The summed E-state index contributed by atoms with van der Waals surface area (Å²) in [6.07, 6.45) is 0.625. The average Bonchev–Trinajstić information content (AvgIpc) is 2.69. The Morgan fingerprint density at radius 1 is 1.50 bits per heavy atom. The molecular formula is C12H14BrClO3S. The molecule has 0 radical (unpaired) electrons. The van der Waals surface area contributed by atoms with Gasteiger partial charge in [-0.3, -0.25) is 0 Å². The van der Waals surface area contributed by atoms with E-state index in [2.05, 4.69) is 15.9 Å². The highest BCUT2D eigenvalue weighted by molar-refractivity contribution is 9.10. The normalized spacial score (nSPS) is 23.8. The Labute approximate surface area is 121 Å². The van der Waals surface area contributed by atoms with Gasteiger partial charge >= 0.3 is 0 Å². The molecule has 0 bridgehead atoms. The minimum Gasteiger partial charge on any atom is -0.497 e. The van der Waals surface area contributed by atoms with E-state index in [9.17, 15) is 8.42 Å². The van der Waals surface area contributed by atoms with Crippen molar-refractivity contribution in [1.29, 1.82) is 0 Å². The van der Waals surface area contributed by atoms with E-state index in [0.29, 0.717) is 6.42 Å². The van der Waals surface area contributed by atoms with Gasteiger partial charge in [-0.25, -0.2) is 8.42 Å². The van der Waals surface area contributed by atoms with Crippen molar-refractivity contribution in [3.63, 3.8) is 0 Å². The topological polar surface area (TPSA) is 43.4 Å². The highest BCUT2D eigenvalue weighted by atomic mass is 79.9. The Balaban J connectivity index is 2.26. The van der Waals surface area contributed by atoms with Gasteiger partial charge in [0, 0.05) is 4.47 Å². The SMILES string of the molecule is COc1ccc(Br)c(C(Cl)C2CCS(=O)(=O)C2)c1. The Kier molecular flexibility index (Phi) is 4.24. The fraction of sp³-hybridized carbons (Fsp3) is 0.500. The summed E-state index contributed by atoms with van der Waals surface area (Å²) < 4.78 is 29.0. The molecule has 1 aliphatic rings. The number of hydrogen-bond donors (Lipinski definition) is 0. The van der Waals surface area contributed by atoms with Gasteiger partial charge in [0.05, 0.1) is 24.0 Å². The summed E-state index contributed by atoms with van der Waals surface area (Å²) >= 11 is 9.87. The van der Waals surface area contributed by atoms with Crippen LogP contribution in [0.5, 0.6) is 5.75 Å². The number of ether oxygens (including phenoxy) is 1. The number of benzene rings is 1. The molecule has 18 heavy (non-hydrogen) atoms. The quantitative estimate of drug-likeness (QED) is 0.784. The molecule has 6 heteroatoms. The van der Waals surface area contributed by atoms with Crippen LogP contribution in [-0.4, -0.2) is 27.0 Å². The second-order valence-corrected chi connectivity index (χ2v) is 8.01. The second-order valence-electron chi connectivity index (χ2n) is 4.45. The largest absolute Gasteiger partial charge is 0.497 e. The third-order valence-electron chi connectivity index (χ3n) is 3.18. The standard InChI is InChI=1S/C12H14BrClO3S/c1-17-9-2-3-11(13)10(6-9)12(14)8-4-5-18(15,16)7-8/h2-3,6,8,12H,4-5,7H2,1H3. The lowest BCUT2D eigenvalue weighted by atomic mass is 9.98. The molecule has 1 aromatic rings. The fourth-order valence-corrected chi connectivity index (χ4v) is 5.13. The minimum atomic E-state index is -2.91. The van der Waals surface area contributed by atoms with Gasteiger partial charge in [-0.2, -0.15) is 0 Å². The van der Waals surface area contributed by atoms with Crippen molar-refractivity contribution < 1.29 is 13.2 Å². The molecule has 0 N–H and O–H groups in total. The lowest BCUT2D eigenvalue weighted by Gasteiger charge is -2.18. The monoisotopic (exact) mass is 352 g/mol. The lowest BCUT2D eigenvalue weighted by Crippen LogP contribution is -2.11. The van der Waals surface area contributed by atoms with Crippen LogP contribution in [-0.2, 0) is 9.84 Å². The summed E-state index contributed by atoms with van der Waals surface area (Å²) in [6, 6.07) is 5.56. The predicted octanol–water partition coefficient (Wildman–Crippen LogP) is 3.17. The van der Waals surface area contributed by atoms with Crippen molar-refractivity contribution in [1.82, 2.24) is 0 Å². The summed E-state index contributed by atoms with van der Waals surface area (Å²) in [7, 11) is -1.31. The van der Waals surface area contributed by atoms with Gasteiger partial charge in [-0.15, -0.1) is 11.6 Å². The first-order chi connectivity index (χ1) is 8.43. The Hall–Kier alpha value is -0.260. The number of alkyl halides is 1. The second kappa shape index (κ2) is 5.39. The Morgan fingerprint density at radius 3 is 2.78 bits per heavy atom. The van der Waals surface area contributed by atoms with E-state index in [4.69, 9.17) is 16.3 Å². The third kappa shape index (κ3) is 3.00. The number of methoxy groups -OCH3 is 1. The summed E-state index contributed by atoms with van der Waals surface area (Å²) in [6.45, 7) is 0. The molecule has 0 spiro atoms. The van der Waals surface area contributed by atoms with Crippen molar-refractivity contribution in [2.45, 2.75) is 11.8 Å². The molecule has 1 heterocycles. The molecule has 0 aliphatic carbocycles. The van der Waals surface area contributed by atoms with E-state index in [0.717, 1.165) is 15.8 Å². The molecule has 0 amide bonds. The van der Waals surface area contributed by atoms with Crippen molar-refractivity contribution >= 4 is 37.4 Å². The van der Waals surface area contributed by atoms with Crippen LogP contribution >= 0.6 is 27.5 Å². The summed E-state index contributed by atoms with van der Waals surface area (Å²) in [5, 5.41) is -0.313. The molecule has 2 atom stereocenters. The van der Waals surface area contributed by atoms with Crippen LogP contribution in [0.25, 0.3) is 0 Å². The maximum atomic E-state index is 11.5. The van der Waals surface area contributed by atoms with Crippen LogP contribution in [0.1, 0.15) is 17.4 Å². The molecule has 1 saturated heterocycles. The summed E-state index contributed by atoms with van der Waals surface area (Å²) in [4.78, 5) is 0. The molecule has 2 unspecified atom stereocenters. The molecule has 3 nitrogen and oxygen atoms in total. The van der Waals surface area contributed by atoms with Gasteiger partial charge in [0.1, 0.15) is 5.75 Å². The molecule has 2 rings (SSSR count). The van der Waals surface area contributed by atoms with E-state index < -0.39 is 9.84 Å². The van der Waals surface area contributed by atoms with Gasteiger partial charge in [0.2, 0.25) is 0 Å². The minimum absolute atomic E-state index is 0.0277. The van der Waals surface area contributed by atoms with Crippen LogP contribution in [0.4, 0.5) is 0 Å². The summed E-state index contributed by atoms with van der Waals surface area (Å²) in [5.41, 5.74) is 0.887. The van der Waals surface area contributed by atoms with Gasteiger partial charge in [-0.05, 0) is 36.1 Å². The average molecular weight is 354 g/mol. The lowest BCUT2D eigenvalue weighted by molar-refractivity contribution is 0.413. The van der Waals surface area contributed by atoms with Crippen molar-refractivity contribution in [3.8, 4) is 5.75 Å². The van der Waals surface area contributed by atoms with Crippen molar-refractivity contribution in [2.75, 3.05) is 18.6 Å². The smallest absolute Gasteiger partial charge is 0.150 e. The molecule has 100 valence electrons. The van der Waals surface area contributed by atoms with Gasteiger partial charge in [0.15, 0.2) is 9.84 Å². The number of halogens is 2.